The zero-order valence-electron chi connectivity index (χ0n) is 20.3. The van der Waals surface area contributed by atoms with E-state index in [-0.39, 0.29) is 18.1 Å². The van der Waals surface area contributed by atoms with E-state index < -0.39 is 30.4 Å². The zero-order valence-corrected chi connectivity index (χ0v) is 20.3. The Morgan fingerprint density at radius 1 is 1.03 bits per heavy atom. The van der Waals surface area contributed by atoms with Gasteiger partial charge in [-0.3, -0.25) is 9.59 Å². The summed E-state index contributed by atoms with van der Waals surface area (Å²) in [7, 11) is 0. The molecule has 0 bridgehead atoms. The molecule has 0 aromatic heterocycles. The molecule has 1 heterocycles. The van der Waals surface area contributed by atoms with Gasteiger partial charge in [0.1, 0.15) is 11.8 Å². The summed E-state index contributed by atoms with van der Waals surface area (Å²) in [6.45, 7) is 8.34. The lowest BCUT2D eigenvalue weighted by molar-refractivity contribution is -0.151. The second-order valence-electron chi connectivity index (χ2n) is 8.26. The molecule has 0 aliphatic carbocycles. The molecule has 2 N–H and O–H groups in total. The minimum Gasteiger partial charge on any atom is -0.493 e. The summed E-state index contributed by atoms with van der Waals surface area (Å²) in [5.74, 6) is -1.42. The van der Waals surface area contributed by atoms with E-state index >= 15 is 0 Å². The van der Waals surface area contributed by atoms with Crippen LogP contribution >= 0.6 is 0 Å². The number of nitrogens with zero attached hydrogens (tertiary/aromatic N) is 1. The minimum atomic E-state index is -0.928. The predicted molar refractivity (Wildman–Crippen MR) is 124 cm³/mol. The number of carbonyl (C=O) groups is 4. The van der Waals surface area contributed by atoms with E-state index in [1.54, 1.807) is 49.9 Å². The van der Waals surface area contributed by atoms with Crippen molar-refractivity contribution in [3.05, 3.63) is 29.8 Å². The monoisotopic (exact) mass is 477 g/mol. The van der Waals surface area contributed by atoms with Gasteiger partial charge < -0.3 is 29.7 Å². The van der Waals surface area contributed by atoms with Crippen LogP contribution in [0.2, 0.25) is 0 Å². The largest absolute Gasteiger partial charge is 0.493 e. The van der Waals surface area contributed by atoms with Crippen LogP contribution in [0.5, 0.6) is 5.75 Å². The fraction of sp³-hybridized carbons (Fsp3) is 0.583. The molecule has 1 saturated heterocycles. The predicted octanol–water partition coefficient (Wildman–Crippen LogP) is 2.12. The minimum absolute atomic E-state index is 0.118. The summed E-state index contributed by atoms with van der Waals surface area (Å²) in [5.41, 5.74) is 0.315. The van der Waals surface area contributed by atoms with E-state index in [1.165, 1.54) is 0 Å². The quantitative estimate of drug-likeness (QED) is 0.495. The summed E-state index contributed by atoms with van der Waals surface area (Å²) in [6, 6.07) is 5.72. The Morgan fingerprint density at radius 3 is 2.32 bits per heavy atom. The summed E-state index contributed by atoms with van der Waals surface area (Å²) in [6.07, 6.45) is 0.817. The fourth-order valence-electron chi connectivity index (χ4n) is 3.57. The molecule has 1 atom stereocenters. The number of esters is 1. The Labute approximate surface area is 200 Å². The number of hydrogen-bond donors (Lipinski definition) is 2. The average molecular weight is 478 g/mol. The number of para-hydroxylation sites is 1. The number of piperidine rings is 1. The van der Waals surface area contributed by atoms with Crippen LogP contribution in [0.4, 0.5) is 4.79 Å². The van der Waals surface area contributed by atoms with Crippen LogP contribution in [0, 0.1) is 5.92 Å². The first-order valence-corrected chi connectivity index (χ1v) is 11.7. The first kappa shape index (κ1) is 26.9. The van der Waals surface area contributed by atoms with Crippen LogP contribution < -0.4 is 15.4 Å². The molecule has 3 amide bonds. The molecule has 188 valence electrons. The van der Waals surface area contributed by atoms with E-state index in [0.29, 0.717) is 50.5 Å². The summed E-state index contributed by atoms with van der Waals surface area (Å²) >= 11 is 0. The number of carbonyl (C=O) groups excluding carboxylic acids is 4. The third kappa shape index (κ3) is 7.93. The molecule has 1 fully saturated rings. The maximum Gasteiger partial charge on any atom is 0.409 e. The third-order valence-electron chi connectivity index (χ3n) is 5.37. The molecule has 10 heteroatoms. The summed E-state index contributed by atoms with van der Waals surface area (Å²) in [5, 5.41) is 5.51. The number of ether oxygens (including phenoxy) is 3. The van der Waals surface area contributed by atoms with Gasteiger partial charge in [-0.15, -0.1) is 0 Å². The van der Waals surface area contributed by atoms with Crippen LogP contribution in [0.15, 0.2) is 24.3 Å². The van der Waals surface area contributed by atoms with Crippen LogP contribution in [-0.2, 0) is 19.1 Å². The summed E-state index contributed by atoms with van der Waals surface area (Å²) in [4.78, 5) is 51.0. The van der Waals surface area contributed by atoms with Gasteiger partial charge in [0.2, 0.25) is 0 Å². The molecule has 0 radical (unpaired) electrons. The maximum absolute atomic E-state index is 12.8. The highest BCUT2D eigenvalue weighted by molar-refractivity contribution is 5.99. The van der Waals surface area contributed by atoms with Crippen LogP contribution in [-0.4, -0.2) is 73.8 Å². The van der Waals surface area contributed by atoms with Gasteiger partial charge in [0.15, 0.2) is 6.61 Å². The lowest BCUT2D eigenvalue weighted by Crippen LogP contribution is -2.48. The van der Waals surface area contributed by atoms with Crippen LogP contribution in [0.3, 0.4) is 0 Å². The molecule has 1 aliphatic rings. The Kier molecular flexibility index (Phi) is 10.6. The van der Waals surface area contributed by atoms with Crippen molar-refractivity contribution in [2.24, 2.45) is 5.92 Å². The van der Waals surface area contributed by atoms with Gasteiger partial charge in [-0.05, 0) is 44.7 Å². The van der Waals surface area contributed by atoms with Crippen molar-refractivity contribution in [1.82, 2.24) is 15.5 Å². The van der Waals surface area contributed by atoms with Gasteiger partial charge >= 0.3 is 12.1 Å². The molecular formula is C24H35N3O7. The molecule has 10 nitrogen and oxygen atoms in total. The van der Waals surface area contributed by atoms with Gasteiger partial charge in [0, 0.05) is 19.1 Å². The molecule has 0 saturated carbocycles. The van der Waals surface area contributed by atoms with Crippen molar-refractivity contribution in [3.63, 3.8) is 0 Å². The molecule has 1 aromatic carbocycles. The first-order valence-electron chi connectivity index (χ1n) is 11.7. The second-order valence-corrected chi connectivity index (χ2v) is 8.26. The highest BCUT2D eigenvalue weighted by Gasteiger charge is 2.29. The van der Waals surface area contributed by atoms with E-state index in [1.807, 2.05) is 6.92 Å². The van der Waals surface area contributed by atoms with E-state index in [9.17, 15) is 19.2 Å². The third-order valence-corrected chi connectivity index (χ3v) is 5.37. The van der Waals surface area contributed by atoms with Crippen molar-refractivity contribution >= 4 is 23.9 Å². The van der Waals surface area contributed by atoms with E-state index in [2.05, 4.69) is 10.6 Å². The number of hydrogen-bond acceptors (Lipinski definition) is 7. The van der Waals surface area contributed by atoms with Crippen molar-refractivity contribution in [2.45, 2.75) is 52.6 Å². The maximum atomic E-state index is 12.8. The molecule has 34 heavy (non-hydrogen) atoms. The number of nitrogens with one attached hydrogen (secondary N) is 2. The van der Waals surface area contributed by atoms with Gasteiger partial charge in [-0.2, -0.15) is 0 Å². The summed E-state index contributed by atoms with van der Waals surface area (Å²) < 4.78 is 15.7. The molecule has 2 rings (SSSR count). The lowest BCUT2D eigenvalue weighted by atomic mass is 10.0. The fourth-order valence-corrected chi connectivity index (χ4v) is 3.57. The number of rotatable bonds is 10. The van der Waals surface area contributed by atoms with Crippen molar-refractivity contribution in [3.8, 4) is 5.75 Å². The molecule has 1 aromatic rings. The number of likely N-dealkylation sites (tertiary alicyclic amines) is 1. The zero-order chi connectivity index (χ0) is 25.1. The average Bonchev–Trinajstić information content (AvgIpc) is 2.82. The van der Waals surface area contributed by atoms with Crippen molar-refractivity contribution < 1.29 is 33.4 Å². The molecule has 0 spiro atoms. The Hall–Kier alpha value is -3.30. The highest BCUT2D eigenvalue weighted by Crippen LogP contribution is 2.18. The normalized spacial score (nSPS) is 14.8. The molecule has 0 unspecified atom stereocenters. The van der Waals surface area contributed by atoms with Gasteiger partial charge in [-0.1, -0.05) is 26.0 Å². The van der Waals surface area contributed by atoms with Gasteiger partial charge in [0.05, 0.1) is 18.8 Å². The lowest BCUT2D eigenvalue weighted by Gasteiger charge is -2.31. The van der Waals surface area contributed by atoms with E-state index in [0.717, 1.165) is 0 Å². The number of benzene rings is 1. The topological polar surface area (TPSA) is 123 Å². The first-order chi connectivity index (χ1) is 16.3. The SMILES string of the molecule is CCOC(=O)N1CCC(NC(=O)COC(=O)[C@@H](NC(=O)c2ccccc2OCC)C(C)C)CC1. The highest BCUT2D eigenvalue weighted by atomic mass is 16.6. The second kappa shape index (κ2) is 13.4. The van der Waals surface area contributed by atoms with Crippen LogP contribution in [0.25, 0.3) is 0 Å². The number of amides is 3. The Balaban J connectivity index is 1.84. The molecule has 1 aliphatic heterocycles. The van der Waals surface area contributed by atoms with Gasteiger partial charge in [-0.25, -0.2) is 9.59 Å². The van der Waals surface area contributed by atoms with Crippen molar-refractivity contribution in [1.29, 1.82) is 0 Å². The van der Waals surface area contributed by atoms with E-state index in [4.69, 9.17) is 14.2 Å². The van der Waals surface area contributed by atoms with Crippen molar-refractivity contribution in [2.75, 3.05) is 32.9 Å². The standard InChI is InChI=1S/C24H35N3O7/c1-5-32-19-10-8-7-9-18(19)22(29)26-21(16(3)4)23(30)34-15-20(28)25-17-11-13-27(14-12-17)24(31)33-6-2/h7-10,16-17,21H,5-6,11-15H2,1-4H3,(H,25,28)(H,26,29)/t21-/m0/s1. The molecular weight excluding hydrogens is 442 g/mol. The van der Waals surface area contributed by atoms with Crippen LogP contribution in [0.1, 0.15) is 50.9 Å². The van der Waals surface area contributed by atoms with Gasteiger partial charge in [0.25, 0.3) is 11.8 Å². The Morgan fingerprint density at radius 2 is 1.71 bits per heavy atom. The Bertz CT molecular complexity index is 851. The smallest absolute Gasteiger partial charge is 0.409 e.